The van der Waals surface area contributed by atoms with Crippen molar-refractivity contribution in [3.8, 4) is 0 Å². The van der Waals surface area contributed by atoms with Gasteiger partial charge >= 0.3 is 23.9 Å². The lowest BCUT2D eigenvalue weighted by atomic mass is 9.98. The summed E-state index contributed by atoms with van der Waals surface area (Å²) in [4.78, 5) is 51.2. The first kappa shape index (κ1) is 70.9. The average molecular weight is 1080 g/mol. The van der Waals surface area contributed by atoms with Crippen molar-refractivity contribution < 1.29 is 58.2 Å². The second-order valence-corrected chi connectivity index (χ2v) is 20.6. The van der Waals surface area contributed by atoms with E-state index in [-0.39, 0.29) is 25.9 Å². The number of aliphatic hydroxyl groups is 2. The Hall–Kier alpha value is -4.10. The molecule has 12 heteroatoms. The highest BCUT2D eigenvalue weighted by Gasteiger charge is 2.50. The Bertz CT molecular complexity index is 1660. The molecule has 0 bridgehead atoms. The SMILES string of the molecule is CCC/C=C\C/C=C\CCCCCCCC(=O)OC(COC(=O)CCCCCCC/C=C\C/C=C\CCCCC)COC1OC(C(=O)O)C(O)C(O)C1OC(=O)CCCCCCCC/C=C\C/C=C\C/C=C\CCCCC. The summed E-state index contributed by atoms with van der Waals surface area (Å²) in [6, 6.07) is 0. The Kier molecular flexibility index (Phi) is 48.4. The summed E-state index contributed by atoms with van der Waals surface area (Å²) in [5, 5.41) is 31.5. The molecular formula is C65H108O12. The van der Waals surface area contributed by atoms with E-state index in [1.807, 2.05) is 0 Å². The summed E-state index contributed by atoms with van der Waals surface area (Å²) in [5.74, 6) is -3.17. The highest BCUT2D eigenvalue weighted by atomic mass is 16.7. The molecule has 77 heavy (non-hydrogen) atoms. The number of esters is 3. The van der Waals surface area contributed by atoms with E-state index in [9.17, 15) is 34.5 Å². The summed E-state index contributed by atoms with van der Waals surface area (Å²) in [6.45, 7) is 5.85. The highest BCUT2D eigenvalue weighted by Crippen LogP contribution is 2.26. The van der Waals surface area contributed by atoms with Crippen molar-refractivity contribution in [1.29, 1.82) is 0 Å². The summed E-state index contributed by atoms with van der Waals surface area (Å²) >= 11 is 0. The summed E-state index contributed by atoms with van der Waals surface area (Å²) in [7, 11) is 0. The maximum absolute atomic E-state index is 13.1. The molecule has 440 valence electrons. The van der Waals surface area contributed by atoms with Gasteiger partial charge in [-0.05, 0) is 116 Å². The highest BCUT2D eigenvalue weighted by molar-refractivity contribution is 5.74. The Balaban J connectivity index is 2.69. The second-order valence-electron chi connectivity index (χ2n) is 20.6. The number of ether oxygens (including phenoxy) is 5. The van der Waals surface area contributed by atoms with Crippen LogP contribution in [-0.4, -0.2) is 89.2 Å². The number of rotatable bonds is 51. The number of unbranched alkanes of at least 4 members (excludes halogenated alkanes) is 23. The molecule has 0 aromatic carbocycles. The van der Waals surface area contributed by atoms with Crippen LogP contribution < -0.4 is 0 Å². The minimum Gasteiger partial charge on any atom is -0.479 e. The van der Waals surface area contributed by atoms with Gasteiger partial charge in [0.05, 0.1) is 6.61 Å². The predicted octanol–water partition coefficient (Wildman–Crippen LogP) is 15.9. The molecule has 1 fully saturated rings. The number of carbonyl (C=O) groups excluding carboxylic acids is 3. The van der Waals surface area contributed by atoms with Crippen LogP contribution in [0.5, 0.6) is 0 Å². The van der Waals surface area contributed by atoms with E-state index in [2.05, 4.69) is 106 Å². The van der Waals surface area contributed by atoms with Crippen LogP contribution in [0.4, 0.5) is 0 Å². The van der Waals surface area contributed by atoms with E-state index < -0.39 is 67.3 Å². The smallest absolute Gasteiger partial charge is 0.335 e. The molecule has 0 amide bonds. The van der Waals surface area contributed by atoms with Gasteiger partial charge in [0, 0.05) is 19.3 Å². The van der Waals surface area contributed by atoms with Crippen LogP contribution in [-0.2, 0) is 42.9 Å². The van der Waals surface area contributed by atoms with Gasteiger partial charge in [0.25, 0.3) is 0 Å². The average Bonchev–Trinajstić information content (AvgIpc) is 3.42. The van der Waals surface area contributed by atoms with Gasteiger partial charge in [-0.3, -0.25) is 14.4 Å². The van der Waals surface area contributed by atoms with Crippen LogP contribution in [0.1, 0.15) is 252 Å². The lowest BCUT2D eigenvalue weighted by Gasteiger charge is -2.40. The van der Waals surface area contributed by atoms with Gasteiger partial charge in [-0.2, -0.15) is 0 Å². The normalized spacial score (nSPS) is 18.6. The van der Waals surface area contributed by atoms with E-state index in [1.54, 1.807) is 0 Å². The lowest BCUT2D eigenvalue weighted by molar-refractivity contribution is -0.301. The summed E-state index contributed by atoms with van der Waals surface area (Å²) in [5.41, 5.74) is 0. The van der Waals surface area contributed by atoms with Gasteiger partial charge in [-0.1, -0.05) is 202 Å². The first-order chi connectivity index (χ1) is 37.6. The van der Waals surface area contributed by atoms with E-state index in [0.717, 1.165) is 148 Å². The molecule has 0 radical (unpaired) electrons. The molecule has 1 aliphatic heterocycles. The van der Waals surface area contributed by atoms with Crippen LogP contribution in [0, 0.1) is 0 Å². The fraction of sp³-hybridized carbons (Fsp3) is 0.723. The third-order valence-electron chi connectivity index (χ3n) is 13.4. The Morgan fingerprint density at radius 2 is 0.805 bits per heavy atom. The van der Waals surface area contributed by atoms with Gasteiger partial charge < -0.3 is 39.0 Å². The van der Waals surface area contributed by atoms with Crippen molar-refractivity contribution in [2.75, 3.05) is 13.2 Å². The van der Waals surface area contributed by atoms with Crippen molar-refractivity contribution in [3.05, 3.63) is 85.1 Å². The monoisotopic (exact) mass is 1080 g/mol. The fourth-order valence-electron chi connectivity index (χ4n) is 8.68. The maximum atomic E-state index is 13.1. The van der Waals surface area contributed by atoms with Crippen LogP contribution in [0.2, 0.25) is 0 Å². The third-order valence-corrected chi connectivity index (χ3v) is 13.4. The van der Waals surface area contributed by atoms with Crippen molar-refractivity contribution >= 4 is 23.9 Å². The molecule has 0 aromatic heterocycles. The number of hydrogen-bond donors (Lipinski definition) is 3. The quantitative estimate of drug-likeness (QED) is 0.0228. The number of aliphatic hydroxyl groups excluding tert-OH is 2. The van der Waals surface area contributed by atoms with Crippen LogP contribution >= 0.6 is 0 Å². The minimum atomic E-state index is -1.92. The van der Waals surface area contributed by atoms with Crippen molar-refractivity contribution in [2.24, 2.45) is 0 Å². The van der Waals surface area contributed by atoms with Crippen molar-refractivity contribution in [2.45, 2.75) is 289 Å². The van der Waals surface area contributed by atoms with Crippen LogP contribution in [0.25, 0.3) is 0 Å². The molecule has 1 heterocycles. The Morgan fingerprint density at radius 3 is 1.23 bits per heavy atom. The summed E-state index contributed by atoms with van der Waals surface area (Å²) < 4.78 is 28.4. The number of allylic oxidation sites excluding steroid dienone is 14. The molecular weight excluding hydrogens is 973 g/mol. The Labute approximate surface area is 467 Å². The zero-order chi connectivity index (χ0) is 56.1. The third kappa shape index (κ3) is 42.5. The summed E-state index contributed by atoms with van der Waals surface area (Å²) in [6.07, 6.45) is 55.4. The molecule has 1 saturated heterocycles. The van der Waals surface area contributed by atoms with E-state index in [4.69, 9.17) is 23.7 Å². The molecule has 3 N–H and O–H groups in total. The first-order valence-electron chi connectivity index (χ1n) is 30.6. The van der Waals surface area contributed by atoms with Gasteiger partial charge in [0.1, 0.15) is 18.8 Å². The second kappa shape index (κ2) is 52.6. The number of aliphatic carboxylic acids is 1. The van der Waals surface area contributed by atoms with E-state index >= 15 is 0 Å². The molecule has 6 unspecified atom stereocenters. The van der Waals surface area contributed by atoms with Gasteiger partial charge in [-0.15, -0.1) is 0 Å². The zero-order valence-corrected chi connectivity index (χ0v) is 48.4. The molecule has 12 nitrogen and oxygen atoms in total. The van der Waals surface area contributed by atoms with Crippen LogP contribution in [0.3, 0.4) is 0 Å². The Morgan fingerprint density at radius 1 is 0.429 bits per heavy atom. The predicted molar refractivity (Wildman–Crippen MR) is 312 cm³/mol. The van der Waals surface area contributed by atoms with Gasteiger partial charge in [0.15, 0.2) is 24.6 Å². The van der Waals surface area contributed by atoms with E-state index in [0.29, 0.717) is 19.3 Å². The molecule has 0 saturated carbocycles. The number of carboxylic acids is 1. The maximum Gasteiger partial charge on any atom is 0.335 e. The van der Waals surface area contributed by atoms with Crippen molar-refractivity contribution in [1.82, 2.24) is 0 Å². The van der Waals surface area contributed by atoms with E-state index in [1.165, 1.54) is 44.9 Å². The first-order valence-corrected chi connectivity index (χ1v) is 30.6. The largest absolute Gasteiger partial charge is 0.479 e. The molecule has 1 rings (SSSR count). The molecule has 6 atom stereocenters. The molecule has 0 spiro atoms. The molecule has 0 aliphatic carbocycles. The fourth-order valence-corrected chi connectivity index (χ4v) is 8.68. The topological polar surface area (TPSA) is 175 Å². The zero-order valence-electron chi connectivity index (χ0n) is 48.4. The van der Waals surface area contributed by atoms with Crippen molar-refractivity contribution in [3.63, 3.8) is 0 Å². The minimum absolute atomic E-state index is 0.0399. The standard InChI is InChI=1S/C65H108O12/c1-4-7-10-13-16-19-22-25-27-28-29-30-32-35-38-41-44-47-50-53-59(68)76-63-61(70)60(69)62(64(71)72)77-65(63)74-55-56(75-58(67)52-49-46-43-40-37-33-24-21-18-15-12-9-6-3)54-73-57(66)51-48-45-42-39-36-34-31-26-23-20-17-14-11-8-5-2/h12,15-17,19-21,24-27,29-31,56,60-63,65,69-70H,4-11,13-14,18,22-23,28,32-55H2,1-3H3,(H,71,72)/b15-12-,19-16-,20-17-,24-21-,27-25-,30-29-,31-26-. The number of hydrogen-bond acceptors (Lipinski definition) is 11. The van der Waals surface area contributed by atoms with Gasteiger partial charge in [0.2, 0.25) is 0 Å². The molecule has 1 aliphatic rings. The lowest BCUT2D eigenvalue weighted by Crippen LogP contribution is -2.61. The van der Waals surface area contributed by atoms with Crippen LogP contribution in [0.15, 0.2) is 85.1 Å². The van der Waals surface area contributed by atoms with Gasteiger partial charge in [-0.25, -0.2) is 4.79 Å². The number of carbonyl (C=O) groups is 4. The molecule has 0 aromatic rings. The number of carboxylic acid groups (broad SMARTS) is 1.